The number of hydrogen-bond acceptors (Lipinski definition) is 15. The van der Waals surface area contributed by atoms with Gasteiger partial charge in [-0.25, -0.2) is 0 Å². The van der Waals surface area contributed by atoms with Crippen LogP contribution in [0.1, 0.15) is 97.0 Å². The topological polar surface area (TPSA) is 177 Å². The number of aliphatic hydroxyl groups excluding tert-OH is 1. The van der Waals surface area contributed by atoms with Gasteiger partial charge in [-0.15, -0.1) is 34.0 Å². The normalized spacial score (nSPS) is 16.0. The molecule has 1 atom stereocenters. The summed E-state index contributed by atoms with van der Waals surface area (Å²) in [6.07, 6.45) is 1.71. The van der Waals surface area contributed by atoms with Crippen LogP contribution in [-0.4, -0.2) is 46.3 Å². The third kappa shape index (κ3) is 8.30. The van der Waals surface area contributed by atoms with Gasteiger partial charge in [-0.05, 0) is 52.1 Å². The molecule has 396 valence electrons. The van der Waals surface area contributed by atoms with Crippen LogP contribution in [-0.2, 0) is 75.4 Å². The van der Waals surface area contributed by atoms with Gasteiger partial charge >= 0.3 is 23.9 Å². The molecule has 13 rings (SSSR count). The molecule has 0 amide bonds. The van der Waals surface area contributed by atoms with Gasteiger partial charge in [0.15, 0.2) is 17.3 Å². The second-order valence-corrected chi connectivity index (χ2v) is 22.9. The van der Waals surface area contributed by atoms with Crippen molar-refractivity contribution in [2.24, 2.45) is 0 Å². The first kappa shape index (κ1) is 51.2. The number of ether oxygens (including phenoxy) is 4. The lowest BCUT2D eigenvalue weighted by molar-refractivity contribution is -0.167. The lowest BCUT2D eigenvalue weighted by atomic mass is 9.70. The Kier molecular flexibility index (Phi) is 12.9. The molecule has 1 N–H and O–H groups in total. The summed E-state index contributed by atoms with van der Waals surface area (Å²) in [5, 5.41) is 11.6. The Labute approximate surface area is 474 Å². The quantitative estimate of drug-likeness (QED) is 0.0359. The van der Waals surface area contributed by atoms with Gasteiger partial charge in [0.1, 0.15) is 32.5 Å². The summed E-state index contributed by atoms with van der Waals surface area (Å²) in [6.45, 7) is -1.23. The number of carbonyl (C=O) groups is 7. The molecule has 0 spiro atoms. The van der Waals surface area contributed by atoms with Crippen LogP contribution in [0.4, 0.5) is 0 Å². The number of carbonyl (C=O) groups excluding carboxylic acids is 7. The molecule has 0 saturated carbocycles. The Balaban J connectivity index is 1.07. The predicted molar refractivity (Wildman–Crippen MR) is 304 cm³/mol. The summed E-state index contributed by atoms with van der Waals surface area (Å²) in [7, 11) is 0. The highest BCUT2D eigenvalue weighted by Gasteiger charge is 2.69. The van der Waals surface area contributed by atoms with Crippen LogP contribution < -0.4 is 0 Å². The molecule has 1 unspecified atom stereocenters. The number of thiophene rings is 3. The SMILES string of the molecule is O=C1C(=Cc2cc3c(s2)-c2sc4c(c2C3(C(=O)OCc2ccccc2)C(=O)OCc2ccccc2)C(C(=O)OCc2ccccc2)(C(=O)OCc2ccccc2)c2cc(/C=C3/C(=O)c5ccccc5C3O)sc2-4)C(=O)c2ccccc21. The Morgan fingerprint density at radius 1 is 0.420 bits per heavy atom. The lowest BCUT2D eigenvalue weighted by Crippen LogP contribution is -2.50. The fourth-order valence-corrected chi connectivity index (χ4v) is 15.2. The van der Waals surface area contributed by atoms with E-state index in [0.29, 0.717) is 62.6 Å². The number of hydrogen-bond donors (Lipinski definition) is 1. The fraction of sp³-hybridized carbons (Fsp3) is 0.106. The van der Waals surface area contributed by atoms with Crippen molar-refractivity contribution in [1.29, 1.82) is 0 Å². The first-order chi connectivity index (χ1) is 39.5. The molecular formula is C66H42O12S3. The highest BCUT2D eigenvalue weighted by molar-refractivity contribution is 7.28. The van der Waals surface area contributed by atoms with Crippen molar-refractivity contribution in [2.75, 3.05) is 0 Å². The zero-order valence-electron chi connectivity index (χ0n) is 42.5. The van der Waals surface area contributed by atoms with Crippen molar-refractivity contribution in [3.05, 3.63) is 270 Å². The van der Waals surface area contributed by atoms with Crippen molar-refractivity contribution in [3.8, 4) is 19.5 Å². The molecule has 3 heterocycles. The van der Waals surface area contributed by atoms with E-state index in [1.807, 2.05) is 0 Å². The first-order valence-electron chi connectivity index (χ1n) is 25.7. The zero-order valence-corrected chi connectivity index (χ0v) is 45.0. The van der Waals surface area contributed by atoms with Crippen molar-refractivity contribution >= 4 is 87.4 Å². The minimum absolute atomic E-state index is 0.0586. The third-order valence-electron chi connectivity index (χ3n) is 15.0. The van der Waals surface area contributed by atoms with Gasteiger partial charge in [-0.2, -0.15) is 0 Å². The van der Waals surface area contributed by atoms with Crippen LogP contribution in [0.5, 0.6) is 0 Å². The molecule has 0 bridgehead atoms. The highest BCUT2D eigenvalue weighted by Crippen LogP contribution is 2.68. The van der Waals surface area contributed by atoms with E-state index in [0.717, 1.165) is 34.0 Å². The van der Waals surface area contributed by atoms with Gasteiger partial charge in [0, 0.05) is 54.3 Å². The smallest absolute Gasteiger partial charge is 0.333 e. The average molecular weight is 1120 g/mol. The van der Waals surface area contributed by atoms with Gasteiger partial charge in [-0.3, -0.25) is 33.6 Å². The third-order valence-corrected chi connectivity index (χ3v) is 18.7. The fourth-order valence-electron chi connectivity index (χ4n) is 11.2. The van der Waals surface area contributed by atoms with E-state index in [1.54, 1.807) is 188 Å². The molecule has 0 saturated heterocycles. The molecule has 4 aliphatic carbocycles. The number of allylic oxidation sites excluding steroid dienone is 1. The Morgan fingerprint density at radius 3 is 1.15 bits per heavy atom. The van der Waals surface area contributed by atoms with Crippen LogP contribution >= 0.6 is 34.0 Å². The summed E-state index contributed by atoms with van der Waals surface area (Å²) < 4.78 is 25.2. The molecule has 9 aromatic rings. The summed E-state index contributed by atoms with van der Waals surface area (Å²) in [6, 6.07) is 51.8. The van der Waals surface area contributed by atoms with E-state index >= 15 is 19.2 Å². The van der Waals surface area contributed by atoms with E-state index in [1.165, 1.54) is 6.08 Å². The van der Waals surface area contributed by atoms with E-state index in [2.05, 4.69) is 0 Å². The van der Waals surface area contributed by atoms with Crippen LogP contribution in [0.2, 0.25) is 0 Å². The summed E-state index contributed by atoms with van der Waals surface area (Å²) in [5.74, 6) is -5.75. The summed E-state index contributed by atoms with van der Waals surface area (Å²) in [4.78, 5) is 108. The molecule has 81 heavy (non-hydrogen) atoms. The molecule has 15 heteroatoms. The van der Waals surface area contributed by atoms with Crippen molar-refractivity contribution < 1.29 is 57.6 Å². The van der Waals surface area contributed by atoms with Gasteiger partial charge in [0.05, 0.1) is 25.1 Å². The molecular weight excluding hydrogens is 1080 g/mol. The molecule has 3 aromatic heterocycles. The number of Topliss-reactive ketones (excluding diaryl/α,β-unsaturated/α-hetero) is 3. The van der Waals surface area contributed by atoms with Crippen molar-refractivity contribution in [3.63, 3.8) is 0 Å². The van der Waals surface area contributed by atoms with Crippen LogP contribution in [0.25, 0.3) is 31.7 Å². The monoisotopic (exact) mass is 1120 g/mol. The molecule has 4 aliphatic rings. The predicted octanol–water partition coefficient (Wildman–Crippen LogP) is 12.2. The van der Waals surface area contributed by atoms with Crippen molar-refractivity contribution in [1.82, 2.24) is 0 Å². The average Bonchev–Trinajstić information content (AvgIpc) is 3.08. The lowest BCUT2D eigenvalue weighted by Gasteiger charge is -2.32. The Bertz CT molecular complexity index is 4020. The van der Waals surface area contributed by atoms with Gasteiger partial charge < -0.3 is 24.1 Å². The minimum atomic E-state index is -2.60. The standard InChI is InChI=1S/C66H42O12S3/c67-53-43-25-13-14-26-44(43)54(68)47(53)29-41-31-49-57(79-41)59-51(65(49,61(71)75-33-37-17-5-1-6-18-37)62(72)76-34-38-19-7-2-8-20-38)52-60(81-59)58-50(32-42(80-58)30-48-55(69)45-27-15-16-28-46(45)56(48)70)66(52,63(73)77-35-39-21-9-3-10-22-39)64(74)78-36-40-23-11-4-12-24-40/h1-32,53,67H,33-36H2/b47-29+. The Hall–Kier alpha value is -9.25. The zero-order chi connectivity index (χ0) is 55.6. The van der Waals surface area contributed by atoms with Crippen LogP contribution in [0, 0.1) is 0 Å². The maximum absolute atomic E-state index is 16.1. The number of esters is 4. The maximum atomic E-state index is 16.1. The van der Waals surface area contributed by atoms with Gasteiger partial charge in [0.2, 0.25) is 10.8 Å². The molecule has 0 radical (unpaired) electrons. The molecule has 0 fully saturated rings. The molecule has 0 aliphatic heterocycles. The highest BCUT2D eigenvalue weighted by atomic mass is 32.1. The van der Waals surface area contributed by atoms with Gasteiger partial charge in [-0.1, -0.05) is 170 Å². The summed E-state index contributed by atoms with van der Waals surface area (Å²) in [5.41, 5.74) is -1.59. The molecule has 6 aromatic carbocycles. The second-order valence-electron chi connectivity index (χ2n) is 19.7. The number of benzene rings is 6. The van der Waals surface area contributed by atoms with Crippen LogP contribution in [0.3, 0.4) is 0 Å². The summed E-state index contributed by atoms with van der Waals surface area (Å²) >= 11 is 3.36. The molecule has 12 nitrogen and oxygen atoms in total. The van der Waals surface area contributed by atoms with E-state index in [9.17, 15) is 19.5 Å². The number of ketones is 3. The van der Waals surface area contributed by atoms with Crippen molar-refractivity contribution in [2.45, 2.75) is 43.4 Å². The van der Waals surface area contributed by atoms with Crippen LogP contribution in [0.15, 0.2) is 193 Å². The second kappa shape index (κ2) is 20.4. The van der Waals surface area contributed by atoms with Gasteiger partial charge in [0.25, 0.3) is 0 Å². The first-order valence-corrected chi connectivity index (χ1v) is 28.2. The van der Waals surface area contributed by atoms with E-state index < -0.39 is 58.2 Å². The van der Waals surface area contributed by atoms with E-state index in [4.69, 9.17) is 18.9 Å². The largest absolute Gasteiger partial charge is 0.459 e. The maximum Gasteiger partial charge on any atom is 0.333 e. The Morgan fingerprint density at radius 2 is 0.765 bits per heavy atom. The number of aliphatic hydroxyl groups is 1. The number of fused-ring (bicyclic) bond motifs is 9. The van der Waals surface area contributed by atoms with E-state index in [-0.39, 0.29) is 71.0 Å². The minimum Gasteiger partial charge on any atom is -0.459 e. The number of rotatable bonds is 14.